The average Bonchev–Trinajstić information content (AvgIpc) is 3.40. The van der Waals surface area contributed by atoms with Crippen molar-refractivity contribution in [3.05, 3.63) is 83.5 Å². The van der Waals surface area contributed by atoms with Crippen molar-refractivity contribution in [3.8, 4) is 0 Å². The summed E-state index contributed by atoms with van der Waals surface area (Å²) in [5.41, 5.74) is 1.85. The van der Waals surface area contributed by atoms with Crippen LogP contribution >= 0.6 is 0 Å². The fourth-order valence-corrected chi connectivity index (χ4v) is 3.63. The van der Waals surface area contributed by atoms with E-state index in [0.29, 0.717) is 30.2 Å². The monoisotopic (exact) mass is 404 g/mol. The molecule has 1 saturated heterocycles. The summed E-state index contributed by atoms with van der Waals surface area (Å²) in [6, 6.07) is 19.2. The van der Waals surface area contributed by atoms with Crippen LogP contribution in [0.3, 0.4) is 0 Å². The molecule has 0 saturated carbocycles. The van der Waals surface area contributed by atoms with Crippen molar-refractivity contribution in [1.82, 2.24) is 20.4 Å². The lowest BCUT2D eigenvalue weighted by molar-refractivity contribution is -0.127. The molecule has 0 aliphatic carbocycles. The molecule has 30 heavy (non-hydrogen) atoms. The highest BCUT2D eigenvalue weighted by Gasteiger charge is 2.33. The zero-order valence-corrected chi connectivity index (χ0v) is 16.7. The number of hydrogen-bond donors (Lipinski definition) is 1. The molecule has 0 bridgehead atoms. The van der Waals surface area contributed by atoms with Gasteiger partial charge in [-0.2, -0.15) is 4.98 Å². The molecule has 2 amide bonds. The quantitative estimate of drug-likeness (QED) is 0.624. The third kappa shape index (κ3) is 4.92. The van der Waals surface area contributed by atoms with Gasteiger partial charge in [-0.05, 0) is 30.5 Å². The van der Waals surface area contributed by atoms with E-state index in [2.05, 4.69) is 27.6 Å². The summed E-state index contributed by atoms with van der Waals surface area (Å²) in [5.74, 6) is 0.714. The van der Waals surface area contributed by atoms with Gasteiger partial charge >= 0.3 is 0 Å². The fourth-order valence-electron chi connectivity index (χ4n) is 3.63. The molecule has 2 aromatic carbocycles. The summed E-state index contributed by atoms with van der Waals surface area (Å²) in [4.78, 5) is 30.7. The molecule has 1 unspecified atom stereocenters. The van der Waals surface area contributed by atoms with Crippen LogP contribution in [-0.2, 0) is 17.8 Å². The number of carbonyl (C=O) groups excluding carboxylic acids is 2. The number of aromatic nitrogens is 2. The molecule has 1 fully saturated rings. The van der Waals surface area contributed by atoms with Gasteiger partial charge in [0, 0.05) is 31.0 Å². The normalized spacial score (nSPS) is 16.1. The number of aryl methyl sites for hydroxylation is 1. The van der Waals surface area contributed by atoms with Crippen LogP contribution < -0.4 is 5.32 Å². The molecule has 2 heterocycles. The number of nitrogens with zero attached hydrogens (tertiary/aromatic N) is 3. The van der Waals surface area contributed by atoms with Crippen LogP contribution in [0.25, 0.3) is 0 Å². The van der Waals surface area contributed by atoms with Gasteiger partial charge < -0.3 is 14.7 Å². The maximum Gasteiger partial charge on any atom is 0.251 e. The summed E-state index contributed by atoms with van der Waals surface area (Å²) in [5, 5.41) is 6.80. The number of hydrogen-bond acceptors (Lipinski definition) is 5. The highest BCUT2D eigenvalue weighted by Crippen LogP contribution is 2.26. The fraction of sp³-hybridized carbons (Fsp3) is 0.304. The van der Waals surface area contributed by atoms with Crippen LogP contribution in [0, 0.1) is 0 Å². The van der Waals surface area contributed by atoms with Crippen LogP contribution in [0.5, 0.6) is 0 Å². The lowest BCUT2D eigenvalue weighted by Crippen LogP contribution is -2.26. The predicted molar refractivity (Wildman–Crippen MR) is 111 cm³/mol. The Morgan fingerprint density at radius 2 is 1.83 bits per heavy atom. The third-order valence-corrected chi connectivity index (χ3v) is 5.24. The summed E-state index contributed by atoms with van der Waals surface area (Å²) < 4.78 is 5.27. The minimum atomic E-state index is -0.198. The Kier molecular flexibility index (Phi) is 6.17. The molecular formula is C23H24N4O3. The van der Waals surface area contributed by atoms with Crippen molar-refractivity contribution in [3.63, 3.8) is 0 Å². The molecular weight excluding hydrogens is 380 g/mol. The Labute approximate surface area is 175 Å². The van der Waals surface area contributed by atoms with E-state index in [1.54, 1.807) is 12.1 Å². The maximum absolute atomic E-state index is 12.4. The van der Waals surface area contributed by atoms with E-state index in [0.717, 1.165) is 19.4 Å². The van der Waals surface area contributed by atoms with Gasteiger partial charge in [-0.25, -0.2) is 0 Å². The number of benzene rings is 2. The van der Waals surface area contributed by atoms with Crippen LogP contribution in [0.1, 0.15) is 46.4 Å². The molecule has 0 spiro atoms. The molecule has 1 aliphatic rings. The average molecular weight is 404 g/mol. The largest absolute Gasteiger partial charge is 0.343 e. The number of amides is 2. The highest BCUT2D eigenvalue weighted by atomic mass is 16.5. The second-order valence-corrected chi connectivity index (χ2v) is 7.42. The Morgan fingerprint density at radius 1 is 1.10 bits per heavy atom. The van der Waals surface area contributed by atoms with Gasteiger partial charge in [-0.15, -0.1) is 0 Å². The first kappa shape index (κ1) is 19.8. The smallest absolute Gasteiger partial charge is 0.251 e. The number of carbonyl (C=O) groups is 2. The molecule has 7 nitrogen and oxygen atoms in total. The van der Waals surface area contributed by atoms with E-state index < -0.39 is 0 Å². The minimum Gasteiger partial charge on any atom is -0.343 e. The number of rotatable bonds is 8. The Balaban J connectivity index is 1.26. The first-order valence-corrected chi connectivity index (χ1v) is 10.2. The standard InChI is InChI=1S/C23H24N4O3/c28-21-14-19(16-27(21)13-7-10-17-8-3-1-4-9-17)22-25-20(30-26-22)15-24-23(29)18-11-5-2-6-12-18/h1-6,8-9,11-12,19H,7,10,13-16H2,(H,24,29). The van der Waals surface area contributed by atoms with Crippen LogP contribution in [0.2, 0.25) is 0 Å². The van der Waals surface area contributed by atoms with Gasteiger partial charge in [0.05, 0.1) is 6.54 Å². The highest BCUT2D eigenvalue weighted by molar-refractivity contribution is 5.93. The van der Waals surface area contributed by atoms with Gasteiger partial charge in [-0.1, -0.05) is 53.7 Å². The summed E-state index contributed by atoms with van der Waals surface area (Å²) in [7, 11) is 0. The van der Waals surface area contributed by atoms with E-state index in [-0.39, 0.29) is 24.3 Å². The van der Waals surface area contributed by atoms with Gasteiger partial charge in [0.1, 0.15) is 0 Å². The van der Waals surface area contributed by atoms with E-state index in [4.69, 9.17) is 4.52 Å². The number of likely N-dealkylation sites (tertiary alicyclic amines) is 1. The van der Waals surface area contributed by atoms with Crippen LogP contribution in [0.4, 0.5) is 0 Å². The van der Waals surface area contributed by atoms with Crippen molar-refractivity contribution in [2.75, 3.05) is 13.1 Å². The van der Waals surface area contributed by atoms with Crippen molar-refractivity contribution in [2.45, 2.75) is 31.7 Å². The Hall–Kier alpha value is -3.48. The van der Waals surface area contributed by atoms with E-state index in [1.807, 2.05) is 41.3 Å². The first-order chi connectivity index (χ1) is 14.7. The van der Waals surface area contributed by atoms with Crippen LogP contribution in [0.15, 0.2) is 65.2 Å². The second kappa shape index (κ2) is 9.35. The lowest BCUT2D eigenvalue weighted by Gasteiger charge is -2.15. The summed E-state index contributed by atoms with van der Waals surface area (Å²) in [6.07, 6.45) is 2.26. The molecule has 1 aromatic heterocycles. The molecule has 7 heteroatoms. The van der Waals surface area contributed by atoms with Crippen molar-refractivity contribution >= 4 is 11.8 Å². The number of nitrogens with one attached hydrogen (secondary N) is 1. The molecule has 154 valence electrons. The van der Waals surface area contributed by atoms with E-state index >= 15 is 0 Å². The zero-order chi connectivity index (χ0) is 20.8. The van der Waals surface area contributed by atoms with E-state index in [9.17, 15) is 9.59 Å². The second-order valence-electron chi connectivity index (χ2n) is 7.42. The SMILES string of the molecule is O=C(NCc1nc(C2CC(=O)N(CCCc3ccccc3)C2)no1)c1ccccc1. The van der Waals surface area contributed by atoms with Gasteiger partial charge in [-0.3, -0.25) is 9.59 Å². The van der Waals surface area contributed by atoms with Gasteiger partial charge in [0.2, 0.25) is 11.8 Å². The van der Waals surface area contributed by atoms with Crippen molar-refractivity contribution < 1.29 is 14.1 Å². The van der Waals surface area contributed by atoms with Gasteiger partial charge in [0.25, 0.3) is 5.91 Å². The minimum absolute atomic E-state index is 0.0726. The Morgan fingerprint density at radius 3 is 2.60 bits per heavy atom. The molecule has 1 aliphatic heterocycles. The topological polar surface area (TPSA) is 88.3 Å². The molecule has 0 radical (unpaired) electrons. The predicted octanol–water partition coefficient (Wildman–Crippen LogP) is 2.95. The zero-order valence-electron chi connectivity index (χ0n) is 16.7. The molecule has 3 aromatic rings. The van der Waals surface area contributed by atoms with Crippen molar-refractivity contribution in [2.24, 2.45) is 0 Å². The van der Waals surface area contributed by atoms with Gasteiger partial charge in [0.15, 0.2) is 5.82 Å². The third-order valence-electron chi connectivity index (χ3n) is 5.24. The first-order valence-electron chi connectivity index (χ1n) is 10.2. The lowest BCUT2D eigenvalue weighted by atomic mass is 10.1. The van der Waals surface area contributed by atoms with E-state index in [1.165, 1.54) is 5.56 Å². The molecule has 1 atom stereocenters. The molecule has 4 rings (SSSR count). The summed E-state index contributed by atoms with van der Waals surface area (Å²) >= 11 is 0. The van der Waals surface area contributed by atoms with Crippen LogP contribution in [-0.4, -0.2) is 39.9 Å². The Bertz CT molecular complexity index is 988. The molecule has 1 N–H and O–H groups in total. The maximum atomic E-state index is 12.4. The summed E-state index contributed by atoms with van der Waals surface area (Å²) in [6.45, 7) is 1.48. The van der Waals surface area contributed by atoms with Crippen molar-refractivity contribution in [1.29, 1.82) is 0 Å².